The predicted molar refractivity (Wildman–Crippen MR) is 82.2 cm³/mol. The van der Waals surface area contributed by atoms with Gasteiger partial charge in [-0.05, 0) is 27.7 Å². The van der Waals surface area contributed by atoms with Crippen molar-refractivity contribution >= 4 is 76.0 Å². The first-order chi connectivity index (χ1) is 6.96. The zero-order chi connectivity index (χ0) is 13.3. The van der Waals surface area contributed by atoms with Crippen LogP contribution in [0.5, 0.6) is 0 Å². The van der Waals surface area contributed by atoms with E-state index in [0.717, 1.165) is 0 Å². The number of alkyl halides is 5. The van der Waals surface area contributed by atoms with Gasteiger partial charge in [0.15, 0.2) is 4.58 Å². The van der Waals surface area contributed by atoms with Gasteiger partial charge in [-0.15, -0.1) is 0 Å². The Bertz CT molecular complexity index is 268. The van der Waals surface area contributed by atoms with Crippen LogP contribution in [0.4, 0.5) is 0 Å². The second kappa shape index (κ2) is 6.48. The lowest BCUT2D eigenvalue weighted by Crippen LogP contribution is -2.39. The molecular formula is C8H15Cl5NPS. The molecule has 0 saturated heterocycles. The summed E-state index contributed by atoms with van der Waals surface area (Å²) >= 11 is 35.4. The van der Waals surface area contributed by atoms with Crippen molar-refractivity contribution in [2.75, 3.05) is 0 Å². The van der Waals surface area contributed by atoms with Crippen molar-refractivity contribution in [1.82, 2.24) is 4.67 Å². The van der Waals surface area contributed by atoms with Gasteiger partial charge in [0, 0.05) is 12.1 Å². The third kappa shape index (κ3) is 3.78. The van der Waals surface area contributed by atoms with Crippen molar-refractivity contribution in [3.05, 3.63) is 0 Å². The Morgan fingerprint density at radius 1 is 1.00 bits per heavy atom. The molecule has 1 unspecified atom stereocenters. The standard InChI is InChI=1S/C8H15Cl5NPS/c1-5(2)14(6(3)4)15(16,7(9)10)8(11,12)13/h5-7H,1-4H3. The highest BCUT2D eigenvalue weighted by Gasteiger charge is 2.50. The van der Waals surface area contributed by atoms with Crippen LogP contribution in [0, 0.1) is 0 Å². The van der Waals surface area contributed by atoms with Crippen molar-refractivity contribution in [3.8, 4) is 0 Å². The Labute approximate surface area is 128 Å². The molecule has 0 aromatic heterocycles. The lowest BCUT2D eigenvalue weighted by Gasteiger charge is -2.45. The fraction of sp³-hybridized carbons (Fsp3) is 1.00. The summed E-state index contributed by atoms with van der Waals surface area (Å²) < 4.78 is -0.565. The van der Waals surface area contributed by atoms with Crippen LogP contribution in [0.15, 0.2) is 0 Å². The first-order valence-electron chi connectivity index (χ1n) is 4.69. The molecule has 0 heterocycles. The van der Waals surface area contributed by atoms with E-state index in [-0.39, 0.29) is 12.1 Å². The maximum Gasteiger partial charge on any atom is 0.232 e. The summed E-state index contributed by atoms with van der Waals surface area (Å²) in [5.74, 6) is 0. The molecule has 0 saturated carbocycles. The number of halogens is 5. The Kier molecular flexibility index (Phi) is 7.31. The second-order valence-corrected chi connectivity index (χ2v) is 13.3. The number of hydrogen-bond donors (Lipinski definition) is 0. The van der Waals surface area contributed by atoms with Gasteiger partial charge in [0.05, 0.1) is 6.19 Å². The summed E-state index contributed by atoms with van der Waals surface area (Å²) in [4.78, 5) is 0. The quantitative estimate of drug-likeness (QED) is 0.472. The molecule has 1 atom stereocenters. The van der Waals surface area contributed by atoms with Gasteiger partial charge < -0.3 is 0 Å². The van der Waals surface area contributed by atoms with Crippen molar-refractivity contribution < 1.29 is 0 Å². The molecule has 8 heteroatoms. The maximum absolute atomic E-state index is 5.98. The van der Waals surface area contributed by atoms with Crippen LogP contribution in [0.1, 0.15) is 27.7 Å². The van der Waals surface area contributed by atoms with Gasteiger partial charge in [-0.2, -0.15) is 0 Å². The number of rotatable bonds is 4. The van der Waals surface area contributed by atoms with Crippen molar-refractivity contribution in [2.24, 2.45) is 0 Å². The SMILES string of the molecule is CC(C)N(C(C)C)P(=S)(C(Cl)Cl)C(Cl)(Cl)Cl. The van der Waals surface area contributed by atoms with Crippen molar-refractivity contribution in [2.45, 2.75) is 47.9 Å². The molecular weight excluding hydrogens is 350 g/mol. The molecule has 1 nitrogen and oxygen atoms in total. The van der Waals surface area contributed by atoms with Crippen LogP contribution in [0.25, 0.3) is 0 Å². The molecule has 0 aromatic carbocycles. The minimum atomic E-state index is -2.70. The summed E-state index contributed by atoms with van der Waals surface area (Å²) in [7, 11) is 0. The average Bonchev–Trinajstić information content (AvgIpc) is 1.99. The van der Waals surface area contributed by atoms with E-state index < -0.39 is 14.3 Å². The van der Waals surface area contributed by atoms with E-state index in [9.17, 15) is 0 Å². The van der Waals surface area contributed by atoms with E-state index in [4.69, 9.17) is 69.8 Å². The monoisotopic (exact) mass is 363 g/mol. The molecule has 0 N–H and O–H groups in total. The molecule has 0 spiro atoms. The summed E-state index contributed by atoms with van der Waals surface area (Å²) in [6.07, 6.45) is -2.70. The fourth-order valence-electron chi connectivity index (χ4n) is 1.62. The molecule has 0 amide bonds. The third-order valence-corrected chi connectivity index (χ3v) is 12.5. The number of hydrogen-bond acceptors (Lipinski definition) is 1. The summed E-state index contributed by atoms with van der Waals surface area (Å²) in [5.41, 5.74) is 0. The Hall–Kier alpha value is 2.06. The largest absolute Gasteiger partial charge is 0.265 e. The highest BCUT2D eigenvalue weighted by atomic mass is 35.6. The van der Waals surface area contributed by atoms with Crippen LogP contribution in [-0.4, -0.2) is 24.9 Å². The Balaban J connectivity index is 5.60. The molecule has 0 fully saturated rings. The van der Waals surface area contributed by atoms with Crippen molar-refractivity contribution in [3.63, 3.8) is 0 Å². The van der Waals surface area contributed by atoms with E-state index in [1.807, 2.05) is 32.4 Å². The minimum absolute atomic E-state index is 0.112. The molecule has 0 aromatic rings. The highest BCUT2D eigenvalue weighted by molar-refractivity contribution is 8.17. The van der Waals surface area contributed by atoms with Crippen LogP contribution in [-0.2, 0) is 11.8 Å². The molecule has 98 valence electrons. The van der Waals surface area contributed by atoms with E-state index in [0.29, 0.717) is 0 Å². The maximum atomic E-state index is 5.98. The Morgan fingerprint density at radius 3 is 1.38 bits per heavy atom. The van der Waals surface area contributed by atoms with Gasteiger partial charge >= 0.3 is 0 Å². The number of nitrogens with zero attached hydrogens (tertiary/aromatic N) is 1. The molecule has 0 aliphatic rings. The van der Waals surface area contributed by atoms with E-state index in [1.54, 1.807) is 0 Å². The summed E-state index contributed by atoms with van der Waals surface area (Å²) in [6, 6.07) is 0.225. The fourth-order valence-corrected chi connectivity index (χ4v) is 8.86. The van der Waals surface area contributed by atoms with E-state index in [2.05, 4.69) is 0 Å². The zero-order valence-electron chi connectivity index (χ0n) is 9.42. The molecule has 0 aliphatic heterocycles. The zero-order valence-corrected chi connectivity index (χ0v) is 14.9. The third-order valence-electron chi connectivity index (χ3n) is 2.03. The van der Waals surface area contributed by atoms with Gasteiger partial charge in [0.1, 0.15) is 0 Å². The van der Waals surface area contributed by atoms with E-state index >= 15 is 0 Å². The van der Waals surface area contributed by atoms with E-state index in [1.165, 1.54) is 0 Å². The Morgan fingerprint density at radius 2 is 1.31 bits per heavy atom. The molecule has 0 radical (unpaired) electrons. The predicted octanol–water partition coefficient (Wildman–Crippen LogP) is 5.59. The smallest absolute Gasteiger partial charge is 0.232 e. The van der Waals surface area contributed by atoms with Crippen molar-refractivity contribution in [1.29, 1.82) is 0 Å². The van der Waals surface area contributed by atoms with Crippen LogP contribution in [0.2, 0.25) is 0 Å². The lowest BCUT2D eigenvalue weighted by atomic mass is 10.3. The second-order valence-electron chi connectivity index (χ2n) is 3.94. The minimum Gasteiger partial charge on any atom is -0.265 e. The average molecular weight is 366 g/mol. The molecule has 0 bridgehead atoms. The molecule has 0 aliphatic carbocycles. The van der Waals surface area contributed by atoms with Gasteiger partial charge in [0.2, 0.25) is 3.53 Å². The normalized spacial score (nSPS) is 17.6. The van der Waals surface area contributed by atoms with Crippen LogP contribution < -0.4 is 0 Å². The van der Waals surface area contributed by atoms with Gasteiger partial charge in [0.25, 0.3) is 0 Å². The topological polar surface area (TPSA) is 3.24 Å². The first-order valence-corrected chi connectivity index (χ1v) is 9.52. The first kappa shape index (κ1) is 18.1. The summed E-state index contributed by atoms with van der Waals surface area (Å²) in [6.45, 7) is 7.92. The summed E-state index contributed by atoms with van der Waals surface area (Å²) in [5, 5.41) is 0. The lowest BCUT2D eigenvalue weighted by molar-refractivity contribution is 0.321. The van der Waals surface area contributed by atoms with Gasteiger partial charge in [-0.1, -0.05) is 69.8 Å². The van der Waals surface area contributed by atoms with Crippen LogP contribution in [0.3, 0.4) is 0 Å². The van der Waals surface area contributed by atoms with Crippen LogP contribution >= 0.6 is 64.2 Å². The molecule has 0 rings (SSSR count). The van der Waals surface area contributed by atoms with Gasteiger partial charge in [-0.3, -0.25) is 4.67 Å². The highest BCUT2D eigenvalue weighted by Crippen LogP contribution is 2.73. The van der Waals surface area contributed by atoms with Gasteiger partial charge in [-0.25, -0.2) is 0 Å². The molecule has 16 heavy (non-hydrogen) atoms.